The smallest absolute Gasteiger partial charge is 0.318 e. The Kier molecular flexibility index (Phi) is 5.05. The zero-order valence-electron chi connectivity index (χ0n) is 16.7. The number of hydrogen-bond donors (Lipinski definition) is 2. The molecule has 2 heterocycles. The highest BCUT2D eigenvalue weighted by Crippen LogP contribution is 2.38. The van der Waals surface area contributed by atoms with E-state index in [1.54, 1.807) is 37.3 Å². The largest absolute Gasteiger partial charge is 0.344 e. The van der Waals surface area contributed by atoms with Crippen LogP contribution in [0.15, 0.2) is 30.3 Å². The molecule has 6 amide bonds. The maximum absolute atomic E-state index is 12.8. The number of nitrogens with zero attached hydrogens (tertiary/aromatic N) is 2. The summed E-state index contributed by atoms with van der Waals surface area (Å²) >= 11 is 0. The van der Waals surface area contributed by atoms with Gasteiger partial charge in [-0.05, 0) is 25.3 Å². The number of hydrogen-bond acceptors (Lipinski definition) is 5. The Hall–Kier alpha value is -3.23. The maximum Gasteiger partial charge on any atom is 0.344 e. The van der Waals surface area contributed by atoms with Gasteiger partial charge >= 0.3 is 6.03 Å². The van der Waals surface area contributed by atoms with Crippen molar-refractivity contribution >= 4 is 29.7 Å². The van der Waals surface area contributed by atoms with Gasteiger partial charge in [0.05, 0.1) is 11.8 Å². The molecule has 1 aromatic carbocycles. The number of likely N-dealkylation sites (tertiary alicyclic amines) is 1. The number of rotatable bonds is 5. The van der Waals surface area contributed by atoms with Gasteiger partial charge in [0.15, 0.2) is 0 Å². The Morgan fingerprint density at radius 3 is 2.27 bits per heavy atom. The number of benzene rings is 1. The summed E-state index contributed by atoms with van der Waals surface area (Å²) in [5, 5.41) is 3.26. The van der Waals surface area contributed by atoms with Gasteiger partial charge < -0.3 is 5.32 Å². The fourth-order valence-corrected chi connectivity index (χ4v) is 4.55. The molecule has 0 aromatic heterocycles. The van der Waals surface area contributed by atoms with Crippen molar-refractivity contribution in [3.63, 3.8) is 0 Å². The third-order valence-corrected chi connectivity index (χ3v) is 6.27. The Bertz CT molecular complexity index is 893. The van der Waals surface area contributed by atoms with E-state index in [1.807, 2.05) is 0 Å². The van der Waals surface area contributed by atoms with Crippen LogP contribution in [0.2, 0.25) is 0 Å². The quantitative estimate of drug-likeness (QED) is 0.554. The van der Waals surface area contributed by atoms with Crippen LogP contribution in [0.4, 0.5) is 4.79 Å². The molecule has 4 rings (SSSR count). The van der Waals surface area contributed by atoms with E-state index in [1.165, 1.54) is 0 Å². The van der Waals surface area contributed by atoms with Crippen LogP contribution in [-0.4, -0.2) is 46.1 Å². The summed E-state index contributed by atoms with van der Waals surface area (Å²) < 4.78 is 0. The average molecular weight is 412 g/mol. The predicted octanol–water partition coefficient (Wildman–Crippen LogP) is 1.05. The van der Waals surface area contributed by atoms with Gasteiger partial charge in [-0.2, -0.15) is 5.01 Å². The number of urea groups is 1. The molecule has 3 aliphatic rings. The molecule has 30 heavy (non-hydrogen) atoms. The van der Waals surface area contributed by atoms with E-state index in [0.29, 0.717) is 23.4 Å². The second-order valence-corrected chi connectivity index (χ2v) is 8.17. The summed E-state index contributed by atoms with van der Waals surface area (Å²) in [6.07, 6.45) is 3.09. The summed E-state index contributed by atoms with van der Waals surface area (Å²) in [6.45, 7) is 1.51. The molecule has 0 unspecified atom stereocenters. The minimum Gasteiger partial charge on any atom is -0.318 e. The zero-order chi connectivity index (χ0) is 21.5. The number of hydrazine groups is 1. The van der Waals surface area contributed by atoms with Crippen molar-refractivity contribution in [1.82, 2.24) is 20.7 Å². The van der Waals surface area contributed by atoms with E-state index in [2.05, 4.69) is 10.7 Å². The first kappa shape index (κ1) is 20.1. The number of carbonyl (C=O) groups is 5. The number of imide groups is 2. The Balaban J connectivity index is 1.37. The van der Waals surface area contributed by atoms with Gasteiger partial charge in [0, 0.05) is 13.0 Å². The highest BCUT2D eigenvalue weighted by molar-refractivity contribution is 6.08. The Morgan fingerprint density at radius 2 is 1.67 bits per heavy atom. The standard InChI is InChI=1S/C21H24N4O5/c1-21(13-7-3-2-4-8-13)19(29)25(20(30)22-21)23-16(26)11-12-24-17(27)14-9-5-6-10-15(14)18(24)28/h2-4,7-8,14-15H,5-6,9-12H2,1H3,(H,22,30)(H,23,26)/t14-,15+,21-/m0/s1. The highest BCUT2D eigenvalue weighted by atomic mass is 16.2. The number of carbonyl (C=O) groups excluding carboxylic acids is 5. The van der Waals surface area contributed by atoms with E-state index < -0.39 is 23.4 Å². The molecule has 0 radical (unpaired) electrons. The van der Waals surface area contributed by atoms with Crippen molar-refractivity contribution in [3.05, 3.63) is 35.9 Å². The fourth-order valence-electron chi connectivity index (χ4n) is 4.55. The summed E-state index contributed by atoms with van der Waals surface area (Å²) in [4.78, 5) is 63.7. The van der Waals surface area contributed by atoms with Crippen molar-refractivity contribution in [3.8, 4) is 0 Å². The predicted molar refractivity (Wildman–Crippen MR) is 104 cm³/mol. The molecule has 3 fully saturated rings. The molecular weight excluding hydrogens is 388 g/mol. The molecular formula is C21H24N4O5. The van der Waals surface area contributed by atoms with Crippen molar-refractivity contribution in [2.24, 2.45) is 11.8 Å². The molecule has 1 saturated carbocycles. The lowest BCUT2D eigenvalue weighted by atomic mass is 9.81. The molecule has 2 saturated heterocycles. The van der Waals surface area contributed by atoms with E-state index in [-0.39, 0.29) is 36.6 Å². The molecule has 9 nitrogen and oxygen atoms in total. The Morgan fingerprint density at radius 1 is 1.07 bits per heavy atom. The minimum atomic E-state index is -1.29. The van der Waals surface area contributed by atoms with E-state index in [0.717, 1.165) is 17.7 Å². The average Bonchev–Trinajstić information content (AvgIpc) is 3.12. The summed E-state index contributed by atoms with van der Waals surface area (Å²) in [5.41, 5.74) is 1.61. The monoisotopic (exact) mass is 412 g/mol. The van der Waals surface area contributed by atoms with Crippen LogP contribution in [0.3, 0.4) is 0 Å². The molecule has 1 aliphatic carbocycles. The van der Waals surface area contributed by atoms with Crippen LogP contribution in [0, 0.1) is 11.8 Å². The van der Waals surface area contributed by atoms with Gasteiger partial charge in [-0.15, -0.1) is 0 Å². The number of amides is 6. The summed E-state index contributed by atoms with van der Waals surface area (Å²) in [6, 6.07) is 8.00. The normalized spacial score (nSPS) is 28.6. The van der Waals surface area contributed by atoms with Crippen LogP contribution in [0.25, 0.3) is 0 Å². The number of nitrogens with one attached hydrogen (secondary N) is 2. The Labute approximate surface area is 173 Å². The van der Waals surface area contributed by atoms with Gasteiger partial charge in [0.25, 0.3) is 5.91 Å². The third kappa shape index (κ3) is 3.24. The van der Waals surface area contributed by atoms with E-state index in [4.69, 9.17) is 0 Å². The SMILES string of the molecule is C[C@@]1(c2ccccc2)NC(=O)N(NC(=O)CCN2C(=O)[C@H]3CCCC[C@H]3C2=O)C1=O. The molecule has 0 spiro atoms. The van der Waals surface area contributed by atoms with Crippen LogP contribution >= 0.6 is 0 Å². The molecule has 0 bridgehead atoms. The third-order valence-electron chi connectivity index (χ3n) is 6.27. The van der Waals surface area contributed by atoms with E-state index >= 15 is 0 Å². The first-order chi connectivity index (χ1) is 14.3. The van der Waals surface area contributed by atoms with Crippen molar-refractivity contribution in [1.29, 1.82) is 0 Å². The second kappa shape index (κ2) is 7.55. The molecule has 1 aromatic rings. The van der Waals surface area contributed by atoms with Crippen LogP contribution in [0.1, 0.15) is 44.6 Å². The lowest BCUT2D eigenvalue weighted by Gasteiger charge is -2.22. The first-order valence-corrected chi connectivity index (χ1v) is 10.2. The van der Waals surface area contributed by atoms with Gasteiger partial charge in [-0.1, -0.05) is 43.2 Å². The molecule has 2 aliphatic heterocycles. The van der Waals surface area contributed by atoms with Gasteiger partial charge in [0.1, 0.15) is 5.54 Å². The first-order valence-electron chi connectivity index (χ1n) is 10.2. The van der Waals surface area contributed by atoms with E-state index in [9.17, 15) is 24.0 Å². The minimum absolute atomic E-state index is 0.0594. The number of fused-ring (bicyclic) bond motifs is 1. The lowest BCUT2D eigenvalue weighted by Crippen LogP contribution is -2.48. The van der Waals surface area contributed by atoms with Crippen molar-refractivity contribution in [2.75, 3.05) is 6.54 Å². The zero-order valence-corrected chi connectivity index (χ0v) is 16.7. The topological polar surface area (TPSA) is 116 Å². The van der Waals surface area contributed by atoms with Crippen LogP contribution in [-0.2, 0) is 24.7 Å². The summed E-state index contributed by atoms with van der Waals surface area (Å²) in [5.74, 6) is -2.20. The fraction of sp³-hybridized carbons (Fsp3) is 0.476. The van der Waals surface area contributed by atoms with Gasteiger partial charge in [0.2, 0.25) is 17.7 Å². The second-order valence-electron chi connectivity index (χ2n) is 8.17. The van der Waals surface area contributed by atoms with Gasteiger partial charge in [-0.3, -0.25) is 29.5 Å². The molecule has 2 N–H and O–H groups in total. The van der Waals surface area contributed by atoms with Gasteiger partial charge in [-0.25, -0.2) is 4.79 Å². The molecule has 9 heteroatoms. The van der Waals surface area contributed by atoms with Crippen molar-refractivity contribution in [2.45, 2.75) is 44.6 Å². The van der Waals surface area contributed by atoms with Crippen molar-refractivity contribution < 1.29 is 24.0 Å². The molecule has 3 atom stereocenters. The lowest BCUT2D eigenvalue weighted by molar-refractivity contribution is -0.142. The van der Waals surface area contributed by atoms with Crippen LogP contribution in [0.5, 0.6) is 0 Å². The highest BCUT2D eigenvalue weighted by Gasteiger charge is 2.50. The summed E-state index contributed by atoms with van der Waals surface area (Å²) in [7, 11) is 0. The van der Waals surface area contributed by atoms with Crippen LogP contribution < -0.4 is 10.7 Å². The maximum atomic E-state index is 12.8. The molecule has 158 valence electrons.